The topological polar surface area (TPSA) is 39.7 Å². The predicted octanol–water partition coefficient (Wildman–Crippen LogP) is 8.21. The van der Waals surface area contributed by atoms with E-state index in [2.05, 4.69) is 63.3 Å². The minimum Gasteiger partial charge on any atom is -0.497 e. The van der Waals surface area contributed by atoms with E-state index in [1.54, 1.807) is 7.11 Å². The van der Waals surface area contributed by atoms with E-state index in [0.717, 1.165) is 57.2 Å². The SMILES string of the molecule is CCC(C)(Nc1ccc(OC)cc1)c1cc(OCc2ccccc2)c(C)c(C)c1OCc1ccccc1. The van der Waals surface area contributed by atoms with Crippen molar-refractivity contribution in [3.8, 4) is 17.2 Å². The number of methoxy groups -OCH3 is 1. The second-order valence-corrected chi connectivity index (χ2v) is 9.59. The molecule has 0 aliphatic heterocycles. The highest BCUT2D eigenvalue weighted by molar-refractivity contribution is 5.59. The molecule has 4 aromatic rings. The molecule has 0 amide bonds. The molecule has 1 unspecified atom stereocenters. The van der Waals surface area contributed by atoms with Crippen LogP contribution >= 0.6 is 0 Å². The van der Waals surface area contributed by atoms with Gasteiger partial charge in [-0.25, -0.2) is 0 Å². The lowest BCUT2D eigenvalue weighted by atomic mass is 9.85. The van der Waals surface area contributed by atoms with Crippen molar-refractivity contribution in [1.82, 2.24) is 0 Å². The molecule has 0 radical (unpaired) electrons. The van der Waals surface area contributed by atoms with Crippen molar-refractivity contribution < 1.29 is 14.2 Å². The van der Waals surface area contributed by atoms with Gasteiger partial charge in [0, 0.05) is 11.3 Å². The van der Waals surface area contributed by atoms with Gasteiger partial charge in [0.25, 0.3) is 0 Å². The van der Waals surface area contributed by atoms with Gasteiger partial charge in [0.2, 0.25) is 0 Å². The lowest BCUT2D eigenvalue weighted by Gasteiger charge is -2.34. The Balaban J connectivity index is 1.73. The van der Waals surface area contributed by atoms with E-state index in [1.165, 1.54) is 0 Å². The number of benzene rings is 4. The summed E-state index contributed by atoms with van der Waals surface area (Å²) in [6, 6.07) is 30.8. The van der Waals surface area contributed by atoms with Crippen LogP contribution in [0.2, 0.25) is 0 Å². The Morgan fingerprint density at radius 2 is 1.30 bits per heavy atom. The van der Waals surface area contributed by atoms with Crippen molar-refractivity contribution in [1.29, 1.82) is 0 Å². The maximum Gasteiger partial charge on any atom is 0.128 e. The third-order valence-electron chi connectivity index (χ3n) is 7.07. The molecule has 0 bridgehead atoms. The van der Waals surface area contributed by atoms with Crippen molar-refractivity contribution in [3.63, 3.8) is 0 Å². The minimum atomic E-state index is -0.399. The fourth-order valence-electron chi connectivity index (χ4n) is 4.41. The van der Waals surface area contributed by atoms with Crippen LogP contribution in [0.4, 0.5) is 5.69 Å². The number of rotatable bonds is 11. The fraction of sp³-hybridized carbons (Fsp3) is 0.273. The van der Waals surface area contributed by atoms with E-state index in [9.17, 15) is 0 Å². The van der Waals surface area contributed by atoms with E-state index >= 15 is 0 Å². The molecule has 4 aromatic carbocycles. The van der Waals surface area contributed by atoms with Crippen molar-refractivity contribution in [3.05, 3.63) is 119 Å². The Labute approximate surface area is 221 Å². The second kappa shape index (κ2) is 11.9. The summed E-state index contributed by atoms with van der Waals surface area (Å²) in [6.07, 6.45) is 0.849. The Morgan fingerprint density at radius 1 is 0.730 bits per heavy atom. The maximum atomic E-state index is 6.56. The van der Waals surface area contributed by atoms with E-state index in [1.807, 2.05) is 60.7 Å². The molecule has 0 heterocycles. The smallest absolute Gasteiger partial charge is 0.128 e. The highest BCUT2D eigenvalue weighted by Crippen LogP contribution is 2.43. The molecular formula is C33H37NO3. The van der Waals surface area contributed by atoms with Crippen LogP contribution in [0.1, 0.15) is 48.1 Å². The van der Waals surface area contributed by atoms with Crippen LogP contribution in [0.15, 0.2) is 91.0 Å². The molecule has 0 spiro atoms. The van der Waals surface area contributed by atoms with E-state index in [0.29, 0.717) is 13.2 Å². The van der Waals surface area contributed by atoms with Gasteiger partial charge in [-0.15, -0.1) is 0 Å². The number of hydrogen-bond donors (Lipinski definition) is 1. The van der Waals surface area contributed by atoms with Gasteiger partial charge in [0.15, 0.2) is 0 Å². The molecule has 0 aliphatic carbocycles. The Bertz CT molecular complexity index is 1290. The first-order chi connectivity index (χ1) is 17.9. The average molecular weight is 496 g/mol. The molecule has 1 N–H and O–H groups in total. The van der Waals surface area contributed by atoms with Crippen molar-refractivity contribution in [2.24, 2.45) is 0 Å². The minimum absolute atomic E-state index is 0.399. The molecule has 4 heteroatoms. The van der Waals surface area contributed by atoms with Crippen LogP contribution in [-0.2, 0) is 18.8 Å². The number of anilines is 1. The van der Waals surface area contributed by atoms with Gasteiger partial charge in [-0.3, -0.25) is 0 Å². The normalized spacial score (nSPS) is 12.5. The maximum absolute atomic E-state index is 6.56. The average Bonchev–Trinajstić information content (AvgIpc) is 2.94. The highest BCUT2D eigenvalue weighted by Gasteiger charge is 2.31. The Hall–Kier alpha value is -3.92. The van der Waals surface area contributed by atoms with Gasteiger partial charge in [-0.05, 0) is 79.8 Å². The summed E-state index contributed by atoms with van der Waals surface area (Å²) in [4.78, 5) is 0. The second-order valence-electron chi connectivity index (χ2n) is 9.59. The van der Waals surface area contributed by atoms with Gasteiger partial charge in [0.05, 0.1) is 12.6 Å². The third kappa shape index (κ3) is 6.26. The van der Waals surface area contributed by atoms with E-state index in [-0.39, 0.29) is 0 Å². The molecule has 0 aromatic heterocycles. The van der Waals surface area contributed by atoms with Crippen LogP contribution in [0.25, 0.3) is 0 Å². The van der Waals surface area contributed by atoms with Crippen LogP contribution in [-0.4, -0.2) is 7.11 Å². The summed E-state index contributed by atoms with van der Waals surface area (Å²) >= 11 is 0. The zero-order chi connectivity index (χ0) is 26.3. The number of ether oxygens (including phenoxy) is 3. The summed E-state index contributed by atoms with van der Waals surface area (Å²) in [6.45, 7) is 9.65. The first kappa shape index (κ1) is 26.2. The summed E-state index contributed by atoms with van der Waals surface area (Å²) in [7, 11) is 1.68. The monoisotopic (exact) mass is 495 g/mol. The zero-order valence-corrected chi connectivity index (χ0v) is 22.5. The summed E-state index contributed by atoms with van der Waals surface area (Å²) in [5, 5.41) is 3.77. The van der Waals surface area contributed by atoms with Gasteiger partial charge in [-0.1, -0.05) is 67.6 Å². The van der Waals surface area contributed by atoms with Gasteiger partial charge in [-0.2, -0.15) is 0 Å². The Kier molecular flexibility index (Phi) is 8.39. The molecule has 4 nitrogen and oxygen atoms in total. The molecule has 0 aliphatic rings. The zero-order valence-electron chi connectivity index (χ0n) is 22.5. The highest BCUT2D eigenvalue weighted by atomic mass is 16.5. The molecule has 0 saturated heterocycles. The largest absolute Gasteiger partial charge is 0.497 e. The molecular weight excluding hydrogens is 458 g/mol. The molecule has 4 rings (SSSR count). The van der Waals surface area contributed by atoms with Gasteiger partial charge in [0.1, 0.15) is 30.5 Å². The molecule has 1 atom stereocenters. The summed E-state index contributed by atoms with van der Waals surface area (Å²) in [5.74, 6) is 2.61. The van der Waals surface area contributed by atoms with Crippen LogP contribution in [0.3, 0.4) is 0 Å². The summed E-state index contributed by atoms with van der Waals surface area (Å²) in [5.41, 5.74) is 6.15. The summed E-state index contributed by atoms with van der Waals surface area (Å²) < 4.78 is 18.3. The van der Waals surface area contributed by atoms with Crippen LogP contribution in [0.5, 0.6) is 17.2 Å². The standard InChI is InChI=1S/C33H37NO3/c1-6-33(4,34-28-17-19-29(35-5)20-18-28)30-21-31(36-22-26-13-9-7-10-14-26)24(2)25(3)32(30)37-23-27-15-11-8-12-16-27/h7-21,34H,6,22-23H2,1-5H3. The van der Waals surface area contributed by atoms with Gasteiger partial charge >= 0.3 is 0 Å². The molecule has 0 fully saturated rings. The van der Waals surface area contributed by atoms with Gasteiger partial charge < -0.3 is 19.5 Å². The lowest BCUT2D eigenvalue weighted by Crippen LogP contribution is -2.32. The fourth-order valence-corrected chi connectivity index (χ4v) is 4.41. The van der Waals surface area contributed by atoms with E-state index < -0.39 is 5.54 Å². The van der Waals surface area contributed by atoms with E-state index in [4.69, 9.17) is 14.2 Å². The van der Waals surface area contributed by atoms with Crippen molar-refractivity contribution in [2.45, 2.75) is 52.9 Å². The molecule has 192 valence electrons. The number of hydrogen-bond acceptors (Lipinski definition) is 4. The Morgan fingerprint density at radius 3 is 1.84 bits per heavy atom. The lowest BCUT2D eigenvalue weighted by molar-refractivity contribution is 0.285. The van der Waals surface area contributed by atoms with Crippen molar-refractivity contribution >= 4 is 5.69 Å². The predicted molar refractivity (Wildman–Crippen MR) is 152 cm³/mol. The van der Waals surface area contributed by atoms with Crippen LogP contribution in [0, 0.1) is 13.8 Å². The first-order valence-corrected chi connectivity index (χ1v) is 12.8. The first-order valence-electron chi connectivity index (χ1n) is 12.8. The molecule has 0 saturated carbocycles. The third-order valence-corrected chi connectivity index (χ3v) is 7.07. The molecule has 37 heavy (non-hydrogen) atoms. The number of nitrogens with one attached hydrogen (secondary N) is 1. The van der Waals surface area contributed by atoms with Crippen molar-refractivity contribution in [2.75, 3.05) is 12.4 Å². The quantitative estimate of drug-likeness (QED) is 0.228. The van der Waals surface area contributed by atoms with Crippen LogP contribution < -0.4 is 19.5 Å².